The number of carbonyl (C=O) groups excluding carboxylic acids is 1. The van der Waals surface area contributed by atoms with Gasteiger partial charge >= 0.3 is 5.97 Å². The number of nitrogens with one attached hydrogen (secondary N) is 2. The molecule has 1 amide bonds. The number of carboxylic acids is 1. The normalized spacial score (nSPS) is 17.2. The van der Waals surface area contributed by atoms with Crippen LogP contribution >= 0.6 is 11.8 Å². The summed E-state index contributed by atoms with van der Waals surface area (Å²) in [6.45, 7) is 4.23. The fraction of sp³-hybridized carbons (Fsp3) is 0.571. The molecule has 0 spiro atoms. The number of aliphatic carboxylic acids is 1. The van der Waals surface area contributed by atoms with Gasteiger partial charge in [0.05, 0.1) is 17.9 Å². The molecule has 0 aromatic carbocycles. The lowest BCUT2D eigenvalue weighted by molar-refractivity contribution is -0.140. The summed E-state index contributed by atoms with van der Waals surface area (Å²) < 4.78 is 0. The van der Waals surface area contributed by atoms with Crippen molar-refractivity contribution in [3.63, 3.8) is 0 Å². The molecular weight excluding hydrogens is 306 g/mol. The van der Waals surface area contributed by atoms with Gasteiger partial charge in [-0.15, -0.1) is 0 Å². The average Bonchev–Trinajstić information content (AvgIpc) is 2.39. The Bertz CT molecular complexity index is 641. The van der Waals surface area contributed by atoms with Crippen LogP contribution in [0, 0.1) is 11.8 Å². The molecule has 1 aliphatic heterocycles. The number of nitrogens with zero attached hydrogens (tertiary/aromatic N) is 1. The lowest BCUT2D eigenvalue weighted by Gasteiger charge is -2.22. The van der Waals surface area contributed by atoms with Crippen molar-refractivity contribution >= 4 is 29.5 Å². The van der Waals surface area contributed by atoms with Crippen LogP contribution in [0.5, 0.6) is 0 Å². The van der Waals surface area contributed by atoms with Gasteiger partial charge in [-0.2, -0.15) is 0 Å². The molecule has 0 saturated carbocycles. The van der Waals surface area contributed by atoms with E-state index in [4.69, 9.17) is 5.11 Å². The Labute approximate surface area is 131 Å². The van der Waals surface area contributed by atoms with E-state index in [1.807, 2.05) is 0 Å². The zero-order valence-corrected chi connectivity index (χ0v) is 13.3. The number of hydrogen-bond donors (Lipinski definition) is 3. The highest BCUT2D eigenvalue weighted by atomic mass is 32.2. The summed E-state index contributed by atoms with van der Waals surface area (Å²) in [4.78, 5) is 41.7. The first-order valence-corrected chi connectivity index (χ1v) is 8.14. The molecule has 2 rings (SSSR count). The van der Waals surface area contributed by atoms with Gasteiger partial charge in [-0.1, -0.05) is 25.6 Å². The number of aromatic amines is 1. The van der Waals surface area contributed by atoms with Crippen molar-refractivity contribution < 1.29 is 14.7 Å². The smallest absolute Gasteiger partial charge is 0.304 e. The fourth-order valence-electron chi connectivity index (χ4n) is 2.16. The van der Waals surface area contributed by atoms with Crippen molar-refractivity contribution in [2.24, 2.45) is 11.8 Å². The van der Waals surface area contributed by atoms with E-state index in [1.54, 1.807) is 0 Å². The molecule has 1 aromatic heterocycles. The van der Waals surface area contributed by atoms with Crippen LogP contribution in [0.15, 0.2) is 9.95 Å². The number of H-pyrrole nitrogens is 1. The van der Waals surface area contributed by atoms with Gasteiger partial charge in [0.15, 0.2) is 5.16 Å². The number of anilines is 1. The van der Waals surface area contributed by atoms with Crippen LogP contribution in [0.25, 0.3) is 0 Å². The molecule has 0 saturated heterocycles. The van der Waals surface area contributed by atoms with Gasteiger partial charge in [0.25, 0.3) is 5.56 Å². The number of aromatic nitrogens is 2. The van der Waals surface area contributed by atoms with Crippen LogP contribution in [0.3, 0.4) is 0 Å². The van der Waals surface area contributed by atoms with E-state index >= 15 is 0 Å². The summed E-state index contributed by atoms with van der Waals surface area (Å²) in [5.74, 6) is -0.544. The molecule has 1 aromatic rings. The van der Waals surface area contributed by atoms with Gasteiger partial charge in [0.2, 0.25) is 5.91 Å². The van der Waals surface area contributed by atoms with Crippen molar-refractivity contribution in [3.05, 3.63) is 15.9 Å². The third kappa shape index (κ3) is 4.09. The number of thioether (sulfide) groups is 1. The number of fused-ring (bicyclic) bond motifs is 1. The third-order valence-corrected chi connectivity index (χ3v) is 4.32. The highest BCUT2D eigenvalue weighted by molar-refractivity contribution is 7.99. The van der Waals surface area contributed by atoms with Gasteiger partial charge in [-0.3, -0.25) is 14.4 Å². The van der Waals surface area contributed by atoms with Gasteiger partial charge in [-0.25, -0.2) is 4.98 Å². The standard InChI is InChI=1S/C14H19N3O4S/c1-7(2)3-4-22-14-16-11-9(13(21)17-14)5-8(6-10(18)19)12(20)15-11/h7-8H,3-6H2,1-2H3,(H,18,19)(H2,15,16,17,20,21). The molecule has 0 radical (unpaired) electrons. The molecule has 2 heterocycles. The highest BCUT2D eigenvalue weighted by Gasteiger charge is 2.31. The Morgan fingerprint density at radius 3 is 2.82 bits per heavy atom. The average molecular weight is 325 g/mol. The van der Waals surface area contributed by atoms with Crippen LogP contribution in [0.2, 0.25) is 0 Å². The maximum Gasteiger partial charge on any atom is 0.304 e. The monoisotopic (exact) mass is 325 g/mol. The molecule has 0 fully saturated rings. The number of hydrogen-bond acceptors (Lipinski definition) is 5. The molecule has 3 N–H and O–H groups in total. The predicted octanol–water partition coefficient (Wildman–Crippen LogP) is 1.49. The first-order valence-electron chi connectivity index (χ1n) is 7.15. The van der Waals surface area contributed by atoms with E-state index in [-0.39, 0.29) is 24.2 Å². The lowest BCUT2D eigenvalue weighted by Crippen LogP contribution is -2.36. The first kappa shape index (κ1) is 16.5. The Hall–Kier alpha value is -1.83. The second-order valence-corrected chi connectivity index (χ2v) is 6.80. The molecule has 120 valence electrons. The van der Waals surface area contributed by atoms with Gasteiger partial charge in [-0.05, 0) is 18.8 Å². The minimum Gasteiger partial charge on any atom is -0.481 e. The SMILES string of the molecule is CC(C)CCSc1nc2c(c(=O)[nH]1)CC(CC(=O)O)C(=O)N2. The van der Waals surface area contributed by atoms with Crippen LogP contribution in [0.1, 0.15) is 32.3 Å². The molecule has 22 heavy (non-hydrogen) atoms. The predicted molar refractivity (Wildman–Crippen MR) is 83.1 cm³/mol. The van der Waals surface area contributed by atoms with E-state index in [1.165, 1.54) is 11.8 Å². The summed E-state index contributed by atoms with van der Waals surface area (Å²) in [5.41, 5.74) is 0.0338. The summed E-state index contributed by atoms with van der Waals surface area (Å²) in [7, 11) is 0. The summed E-state index contributed by atoms with van der Waals surface area (Å²) >= 11 is 1.44. The molecule has 8 heteroatoms. The van der Waals surface area contributed by atoms with Crippen LogP contribution in [-0.2, 0) is 16.0 Å². The number of carbonyl (C=O) groups is 2. The van der Waals surface area contributed by atoms with E-state index in [2.05, 4.69) is 29.1 Å². The molecular formula is C14H19N3O4S. The minimum atomic E-state index is -1.06. The van der Waals surface area contributed by atoms with Gasteiger partial charge in [0.1, 0.15) is 5.82 Å². The van der Waals surface area contributed by atoms with E-state index in [0.717, 1.165) is 12.2 Å². The molecule has 1 atom stereocenters. The Morgan fingerprint density at radius 1 is 1.45 bits per heavy atom. The molecule has 1 unspecified atom stereocenters. The van der Waals surface area contributed by atoms with E-state index in [9.17, 15) is 14.4 Å². The summed E-state index contributed by atoms with van der Waals surface area (Å²) in [6.07, 6.45) is 0.806. The lowest BCUT2D eigenvalue weighted by atomic mass is 9.93. The van der Waals surface area contributed by atoms with Crippen LogP contribution < -0.4 is 10.9 Å². The van der Waals surface area contributed by atoms with Gasteiger partial charge in [0, 0.05) is 5.75 Å². The highest BCUT2D eigenvalue weighted by Crippen LogP contribution is 2.25. The summed E-state index contributed by atoms with van der Waals surface area (Å²) in [6, 6.07) is 0. The number of amides is 1. The fourth-order valence-corrected chi connectivity index (χ4v) is 3.27. The first-order chi connectivity index (χ1) is 10.4. The molecule has 0 bridgehead atoms. The zero-order chi connectivity index (χ0) is 16.3. The van der Waals surface area contributed by atoms with Crippen molar-refractivity contribution in [2.45, 2.75) is 38.3 Å². The van der Waals surface area contributed by atoms with Crippen molar-refractivity contribution in [1.82, 2.24) is 9.97 Å². The third-order valence-electron chi connectivity index (χ3n) is 3.41. The largest absolute Gasteiger partial charge is 0.481 e. The van der Waals surface area contributed by atoms with Crippen molar-refractivity contribution in [3.8, 4) is 0 Å². The van der Waals surface area contributed by atoms with Crippen LogP contribution in [0.4, 0.5) is 5.82 Å². The van der Waals surface area contributed by atoms with Gasteiger partial charge < -0.3 is 15.4 Å². The number of carboxylic acid groups (broad SMARTS) is 1. The quantitative estimate of drug-likeness (QED) is 0.539. The summed E-state index contributed by atoms with van der Waals surface area (Å²) in [5, 5.41) is 11.8. The Kier molecular flexibility index (Phi) is 5.23. The number of rotatable bonds is 6. The Balaban J connectivity index is 2.16. The van der Waals surface area contributed by atoms with E-state index in [0.29, 0.717) is 16.6 Å². The molecule has 1 aliphatic rings. The Morgan fingerprint density at radius 2 is 2.18 bits per heavy atom. The topological polar surface area (TPSA) is 112 Å². The molecule has 0 aliphatic carbocycles. The molecule has 7 nitrogen and oxygen atoms in total. The maximum absolute atomic E-state index is 12.1. The minimum absolute atomic E-state index is 0.104. The van der Waals surface area contributed by atoms with E-state index < -0.39 is 17.8 Å². The van der Waals surface area contributed by atoms with Crippen molar-refractivity contribution in [2.75, 3.05) is 11.1 Å². The zero-order valence-electron chi connectivity index (χ0n) is 12.5. The second-order valence-electron chi connectivity index (χ2n) is 5.72. The second kappa shape index (κ2) is 6.95. The maximum atomic E-state index is 12.1. The van der Waals surface area contributed by atoms with Crippen molar-refractivity contribution in [1.29, 1.82) is 0 Å². The van der Waals surface area contributed by atoms with Crippen LogP contribution in [-0.4, -0.2) is 32.7 Å².